The van der Waals surface area contributed by atoms with E-state index in [0.717, 1.165) is 12.1 Å². The van der Waals surface area contributed by atoms with Crippen LogP contribution in [0, 0.1) is 6.92 Å². The normalized spacial score (nSPS) is 10.7. The Morgan fingerprint density at radius 1 is 1.17 bits per heavy atom. The molecule has 1 rings (SSSR count). The Morgan fingerprint density at radius 3 is 2.17 bits per heavy atom. The van der Waals surface area contributed by atoms with Crippen LogP contribution in [0.3, 0.4) is 0 Å². The van der Waals surface area contributed by atoms with Crippen molar-refractivity contribution < 1.29 is 27.5 Å². The molecule has 97 valence electrons. The lowest BCUT2D eigenvalue weighted by Crippen LogP contribution is -2.32. The molecule has 0 saturated heterocycles. The van der Waals surface area contributed by atoms with Gasteiger partial charge in [-0.15, -0.1) is 13.2 Å². The number of anilines is 1. The number of halogens is 3. The van der Waals surface area contributed by atoms with Crippen LogP contribution in [0.2, 0.25) is 0 Å². The lowest BCUT2D eigenvalue weighted by Gasteiger charge is -2.09. The summed E-state index contributed by atoms with van der Waals surface area (Å²) in [5.41, 5.74) is 0.197. The second-order valence-corrected chi connectivity index (χ2v) is 3.07. The Balaban J connectivity index is 2.60. The molecule has 0 atom stereocenters. The monoisotopic (exact) mass is 261 g/mol. The van der Waals surface area contributed by atoms with Gasteiger partial charge in [-0.3, -0.25) is 10.1 Å². The predicted octanol–water partition coefficient (Wildman–Crippen LogP) is 2.07. The standard InChI is InChI=1S/C10H8F3N2O3/c1-6(16)14-9(17)15-7-2-4-8(5-3-7)18-10(11,12)13/h2-5H,1H2,(H2,14,15,16,17). The molecule has 0 aliphatic heterocycles. The minimum Gasteiger partial charge on any atom is -0.406 e. The van der Waals surface area contributed by atoms with E-state index >= 15 is 0 Å². The molecule has 0 unspecified atom stereocenters. The molecule has 0 heterocycles. The Bertz CT molecular complexity index is 443. The maximum atomic E-state index is 11.8. The molecule has 2 N–H and O–H groups in total. The highest BCUT2D eigenvalue weighted by Crippen LogP contribution is 2.23. The summed E-state index contributed by atoms with van der Waals surface area (Å²) < 4.78 is 39.2. The molecule has 0 aliphatic rings. The molecular formula is C10H8F3N2O3. The molecule has 8 heteroatoms. The number of hydrogen-bond acceptors (Lipinski definition) is 3. The van der Waals surface area contributed by atoms with Gasteiger partial charge in [0.15, 0.2) is 0 Å². The molecule has 1 aromatic carbocycles. The van der Waals surface area contributed by atoms with E-state index < -0.39 is 24.1 Å². The number of nitrogens with one attached hydrogen (secondary N) is 2. The molecule has 3 amide bonds. The van der Waals surface area contributed by atoms with Crippen molar-refractivity contribution in [2.45, 2.75) is 6.36 Å². The molecule has 0 fully saturated rings. The van der Waals surface area contributed by atoms with Gasteiger partial charge in [0, 0.05) is 12.6 Å². The molecule has 1 radical (unpaired) electrons. The molecule has 1 aromatic rings. The number of ether oxygens (including phenoxy) is 1. The smallest absolute Gasteiger partial charge is 0.406 e. The van der Waals surface area contributed by atoms with Crippen molar-refractivity contribution in [3.63, 3.8) is 0 Å². The zero-order chi connectivity index (χ0) is 13.8. The molecule has 0 bridgehead atoms. The summed E-state index contributed by atoms with van der Waals surface area (Å²) in [7, 11) is 0. The highest BCUT2D eigenvalue weighted by Gasteiger charge is 2.30. The summed E-state index contributed by atoms with van der Waals surface area (Å²) in [5, 5.41) is 4.05. The van der Waals surface area contributed by atoms with E-state index in [2.05, 4.69) is 17.0 Å². The Kier molecular flexibility index (Phi) is 4.13. The van der Waals surface area contributed by atoms with Crippen molar-refractivity contribution in [2.75, 3.05) is 5.32 Å². The maximum absolute atomic E-state index is 11.8. The summed E-state index contributed by atoms with van der Waals surface area (Å²) in [5.74, 6) is -1.22. The third kappa shape index (κ3) is 5.19. The van der Waals surface area contributed by atoms with Gasteiger partial charge in [-0.1, -0.05) is 0 Å². The number of urea groups is 1. The van der Waals surface area contributed by atoms with Crippen molar-refractivity contribution in [2.24, 2.45) is 0 Å². The van der Waals surface area contributed by atoms with Gasteiger partial charge in [-0.25, -0.2) is 4.79 Å². The molecule has 0 saturated carbocycles. The SMILES string of the molecule is [CH2]C(=O)NC(=O)Nc1ccc(OC(F)(F)F)cc1. The van der Waals surface area contributed by atoms with Crippen LogP contribution in [0.25, 0.3) is 0 Å². The first kappa shape index (κ1) is 13.8. The summed E-state index contributed by atoms with van der Waals surface area (Å²) in [4.78, 5) is 21.5. The summed E-state index contributed by atoms with van der Waals surface area (Å²) in [6, 6.07) is 3.59. The van der Waals surface area contributed by atoms with E-state index in [0.29, 0.717) is 0 Å². The van der Waals surface area contributed by atoms with E-state index in [1.807, 2.05) is 5.32 Å². The number of hydrogen-bond donors (Lipinski definition) is 2. The number of amides is 3. The van der Waals surface area contributed by atoms with Gasteiger partial charge < -0.3 is 10.1 Å². The van der Waals surface area contributed by atoms with Crippen molar-refractivity contribution >= 4 is 17.6 Å². The highest BCUT2D eigenvalue weighted by molar-refractivity contribution is 6.02. The third-order valence-corrected chi connectivity index (χ3v) is 1.60. The largest absolute Gasteiger partial charge is 0.573 e. The molecule has 18 heavy (non-hydrogen) atoms. The fourth-order valence-corrected chi connectivity index (χ4v) is 1.03. The molecule has 5 nitrogen and oxygen atoms in total. The first-order valence-corrected chi connectivity index (χ1v) is 4.56. The highest BCUT2D eigenvalue weighted by atomic mass is 19.4. The second kappa shape index (κ2) is 5.39. The lowest BCUT2D eigenvalue weighted by molar-refractivity contribution is -0.274. The van der Waals surface area contributed by atoms with E-state index in [1.165, 1.54) is 12.1 Å². The summed E-state index contributed by atoms with van der Waals surface area (Å²) in [6.45, 7) is 2.92. The predicted molar refractivity (Wildman–Crippen MR) is 55.6 cm³/mol. The van der Waals surface area contributed by atoms with Crippen LogP contribution in [0.4, 0.5) is 23.7 Å². The van der Waals surface area contributed by atoms with Gasteiger partial charge in [0.05, 0.1) is 0 Å². The minimum absolute atomic E-state index is 0.197. The van der Waals surface area contributed by atoms with E-state index in [9.17, 15) is 22.8 Å². The van der Waals surface area contributed by atoms with Crippen LogP contribution >= 0.6 is 0 Å². The van der Waals surface area contributed by atoms with Crippen LogP contribution in [0.5, 0.6) is 5.75 Å². The quantitative estimate of drug-likeness (QED) is 0.856. The number of carbonyl (C=O) groups excluding carboxylic acids is 2. The van der Waals surface area contributed by atoms with Crippen LogP contribution in [0.15, 0.2) is 24.3 Å². The topological polar surface area (TPSA) is 67.4 Å². The zero-order valence-electron chi connectivity index (χ0n) is 8.88. The summed E-state index contributed by atoms with van der Waals surface area (Å²) >= 11 is 0. The van der Waals surface area contributed by atoms with Crippen LogP contribution in [-0.4, -0.2) is 18.3 Å². The van der Waals surface area contributed by atoms with Crippen molar-refractivity contribution in [1.82, 2.24) is 5.32 Å². The molecular weight excluding hydrogens is 253 g/mol. The van der Waals surface area contributed by atoms with E-state index in [4.69, 9.17) is 0 Å². The Hall–Kier alpha value is -2.25. The van der Waals surface area contributed by atoms with Gasteiger partial charge >= 0.3 is 12.4 Å². The fraction of sp³-hybridized carbons (Fsp3) is 0.100. The summed E-state index contributed by atoms with van der Waals surface area (Å²) in [6.07, 6.45) is -4.77. The van der Waals surface area contributed by atoms with Gasteiger partial charge in [0.25, 0.3) is 0 Å². The first-order valence-electron chi connectivity index (χ1n) is 4.56. The fourth-order valence-electron chi connectivity index (χ4n) is 1.03. The first-order chi connectivity index (χ1) is 8.26. The van der Waals surface area contributed by atoms with Crippen molar-refractivity contribution in [3.8, 4) is 5.75 Å². The van der Waals surface area contributed by atoms with Gasteiger partial charge in [-0.2, -0.15) is 0 Å². The third-order valence-electron chi connectivity index (χ3n) is 1.60. The Morgan fingerprint density at radius 2 is 1.72 bits per heavy atom. The lowest BCUT2D eigenvalue weighted by atomic mass is 10.3. The Labute approximate surface area is 99.9 Å². The number of imide groups is 1. The van der Waals surface area contributed by atoms with Gasteiger partial charge in [0.2, 0.25) is 5.91 Å². The average molecular weight is 261 g/mol. The molecule has 0 aliphatic carbocycles. The maximum Gasteiger partial charge on any atom is 0.573 e. The second-order valence-electron chi connectivity index (χ2n) is 3.07. The van der Waals surface area contributed by atoms with E-state index in [1.54, 1.807) is 0 Å². The van der Waals surface area contributed by atoms with Crippen molar-refractivity contribution in [1.29, 1.82) is 0 Å². The van der Waals surface area contributed by atoms with Crippen LogP contribution < -0.4 is 15.4 Å². The van der Waals surface area contributed by atoms with Crippen LogP contribution in [0.1, 0.15) is 0 Å². The van der Waals surface area contributed by atoms with E-state index in [-0.39, 0.29) is 5.69 Å². The van der Waals surface area contributed by atoms with Crippen molar-refractivity contribution in [3.05, 3.63) is 31.2 Å². The van der Waals surface area contributed by atoms with Gasteiger partial charge in [-0.05, 0) is 24.3 Å². The number of benzene rings is 1. The number of alkyl halides is 3. The van der Waals surface area contributed by atoms with Crippen LogP contribution in [-0.2, 0) is 4.79 Å². The van der Waals surface area contributed by atoms with Gasteiger partial charge in [0.1, 0.15) is 5.75 Å². The molecule has 0 aromatic heterocycles. The zero-order valence-corrected chi connectivity index (χ0v) is 8.88. The average Bonchev–Trinajstić information content (AvgIpc) is 2.17. The number of carbonyl (C=O) groups is 2. The molecule has 0 spiro atoms. The number of rotatable bonds is 2. The minimum atomic E-state index is -4.77.